The predicted molar refractivity (Wildman–Crippen MR) is 133 cm³/mol. The van der Waals surface area contributed by atoms with Crippen LogP contribution in [0.25, 0.3) is 0 Å². The molecule has 0 radical (unpaired) electrons. The van der Waals surface area contributed by atoms with Gasteiger partial charge in [0.05, 0.1) is 11.6 Å². The van der Waals surface area contributed by atoms with E-state index in [4.69, 9.17) is 4.42 Å². The second-order valence-corrected chi connectivity index (χ2v) is 8.78. The van der Waals surface area contributed by atoms with E-state index in [1.807, 2.05) is 81.4 Å². The first-order valence-electron chi connectivity index (χ1n) is 11.9. The summed E-state index contributed by atoms with van der Waals surface area (Å²) in [6, 6.07) is 19.4. The third kappa shape index (κ3) is 4.96. The molecular weight excluding hydrogens is 426 g/mol. The van der Waals surface area contributed by atoms with Crippen LogP contribution in [-0.4, -0.2) is 23.6 Å². The normalized spacial score (nSPS) is 15.1. The van der Waals surface area contributed by atoms with Crippen LogP contribution in [0.4, 0.5) is 0 Å². The van der Waals surface area contributed by atoms with E-state index in [1.54, 1.807) is 0 Å². The number of rotatable bonds is 7. The number of nitrogens with zero attached hydrogens (tertiary/aromatic N) is 1. The Morgan fingerprint density at radius 3 is 2.21 bits per heavy atom. The molecule has 0 fully saturated rings. The van der Waals surface area contributed by atoms with Gasteiger partial charge < -0.3 is 9.73 Å². The van der Waals surface area contributed by atoms with Gasteiger partial charge in [0.1, 0.15) is 5.76 Å². The van der Waals surface area contributed by atoms with Gasteiger partial charge in [-0.1, -0.05) is 67.6 Å². The number of carbonyl (C=O) groups is 2. The molecule has 0 aliphatic heterocycles. The Bertz CT molecular complexity index is 1140. The second kappa shape index (κ2) is 10.5. The van der Waals surface area contributed by atoms with Crippen LogP contribution in [0.2, 0.25) is 0 Å². The maximum absolute atomic E-state index is 13.3. The van der Waals surface area contributed by atoms with Gasteiger partial charge in [0.2, 0.25) is 0 Å². The largest absolute Gasteiger partial charge is 0.455 e. The Hall–Kier alpha value is -3.67. The average Bonchev–Trinajstić information content (AvgIpc) is 3.21. The third-order valence-corrected chi connectivity index (χ3v) is 6.35. The fourth-order valence-corrected chi connectivity index (χ4v) is 4.36. The van der Waals surface area contributed by atoms with Crippen molar-refractivity contribution in [1.82, 2.24) is 10.7 Å². The van der Waals surface area contributed by atoms with Gasteiger partial charge in [-0.05, 0) is 44.2 Å². The fourth-order valence-electron chi connectivity index (χ4n) is 4.36. The van der Waals surface area contributed by atoms with Crippen molar-refractivity contribution in [2.24, 2.45) is 5.10 Å². The number of amides is 2. The minimum atomic E-state index is -0.475. The Morgan fingerprint density at radius 2 is 1.62 bits per heavy atom. The SMILES string of the molecule is CCC(C)NC(=O)c1oc2c(c1C)/C(=N/NC(=O)C(c1ccccc1)c1ccccc1)CCC2. The van der Waals surface area contributed by atoms with Crippen molar-refractivity contribution in [2.45, 2.75) is 58.4 Å². The summed E-state index contributed by atoms with van der Waals surface area (Å²) in [5.74, 6) is 0.203. The number of benzene rings is 2. The molecule has 1 unspecified atom stereocenters. The van der Waals surface area contributed by atoms with Gasteiger partial charge in [-0.3, -0.25) is 9.59 Å². The zero-order valence-electron chi connectivity index (χ0n) is 19.9. The fraction of sp³-hybridized carbons (Fsp3) is 0.321. The summed E-state index contributed by atoms with van der Waals surface area (Å²) in [6.45, 7) is 5.87. The number of nitrogens with one attached hydrogen (secondary N) is 2. The third-order valence-electron chi connectivity index (χ3n) is 6.35. The lowest BCUT2D eigenvalue weighted by Gasteiger charge is -2.18. The van der Waals surface area contributed by atoms with Crippen LogP contribution in [0.1, 0.15) is 77.6 Å². The van der Waals surface area contributed by atoms with Gasteiger partial charge in [-0.25, -0.2) is 5.43 Å². The van der Waals surface area contributed by atoms with Crippen molar-refractivity contribution >= 4 is 17.5 Å². The maximum atomic E-state index is 13.3. The Balaban J connectivity index is 1.61. The molecule has 1 heterocycles. The van der Waals surface area contributed by atoms with E-state index >= 15 is 0 Å². The molecule has 0 saturated heterocycles. The molecule has 34 heavy (non-hydrogen) atoms. The molecule has 1 aromatic heterocycles. The predicted octanol–water partition coefficient (Wildman–Crippen LogP) is 5.11. The topological polar surface area (TPSA) is 83.7 Å². The highest BCUT2D eigenvalue weighted by atomic mass is 16.4. The van der Waals surface area contributed by atoms with Gasteiger partial charge >= 0.3 is 0 Å². The van der Waals surface area contributed by atoms with Gasteiger partial charge in [0.15, 0.2) is 5.76 Å². The van der Waals surface area contributed by atoms with Gasteiger partial charge in [0, 0.05) is 23.6 Å². The van der Waals surface area contributed by atoms with Crippen LogP contribution < -0.4 is 10.7 Å². The highest BCUT2D eigenvalue weighted by molar-refractivity contribution is 6.07. The molecule has 2 amide bonds. The standard InChI is InChI=1S/C28H31N3O3/c1-4-18(2)29-28(33)26-19(3)24-22(16-11-17-23(24)34-26)30-31-27(32)25(20-12-7-5-8-13-20)21-14-9-6-10-15-21/h5-10,12-15,18,25H,4,11,16-17H2,1-3H3,(H,29,33)(H,31,32)/b30-22+. The molecule has 1 aliphatic carbocycles. The minimum Gasteiger partial charge on any atom is -0.455 e. The highest BCUT2D eigenvalue weighted by Crippen LogP contribution is 2.30. The van der Waals surface area contributed by atoms with Crippen molar-refractivity contribution in [3.63, 3.8) is 0 Å². The van der Waals surface area contributed by atoms with E-state index in [-0.39, 0.29) is 17.9 Å². The summed E-state index contributed by atoms with van der Waals surface area (Å²) in [5, 5.41) is 7.50. The number of fused-ring (bicyclic) bond motifs is 1. The molecule has 1 aliphatic rings. The van der Waals surface area contributed by atoms with Crippen LogP contribution in [0, 0.1) is 6.92 Å². The number of hydrazone groups is 1. The molecule has 6 nitrogen and oxygen atoms in total. The Labute approximate surface area is 200 Å². The van der Waals surface area contributed by atoms with Gasteiger partial charge in [-0.15, -0.1) is 0 Å². The average molecular weight is 458 g/mol. The van der Waals surface area contributed by atoms with E-state index in [1.165, 1.54) is 0 Å². The summed E-state index contributed by atoms with van der Waals surface area (Å²) in [6.07, 6.45) is 3.15. The molecule has 2 aromatic carbocycles. The summed E-state index contributed by atoms with van der Waals surface area (Å²) in [5.41, 5.74) is 6.97. The Kier molecular flexibility index (Phi) is 7.26. The summed E-state index contributed by atoms with van der Waals surface area (Å²) >= 11 is 0. The first-order valence-corrected chi connectivity index (χ1v) is 11.9. The van der Waals surface area contributed by atoms with Crippen molar-refractivity contribution in [1.29, 1.82) is 0 Å². The molecular formula is C28H31N3O3. The van der Waals surface area contributed by atoms with Crippen molar-refractivity contribution < 1.29 is 14.0 Å². The first kappa shape index (κ1) is 23.5. The van der Waals surface area contributed by atoms with Crippen LogP contribution in [-0.2, 0) is 11.2 Å². The number of hydrogen-bond donors (Lipinski definition) is 2. The van der Waals surface area contributed by atoms with Crippen molar-refractivity contribution in [2.75, 3.05) is 0 Å². The van der Waals surface area contributed by atoms with E-state index < -0.39 is 5.92 Å². The molecule has 176 valence electrons. The van der Waals surface area contributed by atoms with Crippen LogP contribution in [0.3, 0.4) is 0 Å². The lowest BCUT2D eigenvalue weighted by molar-refractivity contribution is -0.121. The van der Waals surface area contributed by atoms with Crippen molar-refractivity contribution in [3.05, 3.63) is 94.4 Å². The Morgan fingerprint density at radius 1 is 1.00 bits per heavy atom. The molecule has 2 N–H and O–H groups in total. The molecule has 6 heteroatoms. The molecule has 1 atom stereocenters. The molecule has 3 aromatic rings. The van der Waals surface area contributed by atoms with E-state index in [0.717, 1.165) is 53.0 Å². The van der Waals surface area contributed by atoms with Crippen LogP contribution >= 0.6 is 0 Å². The molecule has 0 saturated carbocycles. The van der Waals surface area contributed by atoms with Crippen LogP contribution in [0.5, 0.6) is 0 Å². The van der Waals surface area contributed by atoms with Gasteiger partial charge in [-0.2, -0.15) is 5.10 Å². The number of aryl methyl sites for hydroxylation is 1. The lowest BCUT2D eigenvalue weighted by atomic mass is 9.90. The number of hydrogen-bond acceptors (Lipinski definition) is 4. The molecule has 0 spiro atoms. The maximum Gasteiger partial charge on any atom is 0.287 e. The van der Waals surface area contributed by atoms with E-state index in [0.29, 0.717) is 12.2 Å². The number of carbonyl (C=O) groups excluding carboxylic acids is 2. The minimum absolute atomic E-state index is 0.0642. The van der Waals surface area contributed by atoms with E-state index in [2.05, 4.69) is 15.8 Å². The van der Waals surface area contributed by atoms with Crippen LogP contribution in [0.15, 0.2) is 70.2 Å². The van der Waals surface area contributed by atoms with Crippen molar-refractivity contribution in [3.8, 4) is 0 Å². The van der Waals surface area contributed by atoms with Gasteiger partial charge in [0.25, 0.3) is 11.8 Å². The second-order valence-electron chi connectivity index (χ2n) is 8.78. The van der Waals surface area contributed by atoms with E-state index in [9.17, 15) is 9.59 Å². The summed E-state index contributed by atoms with van der Waals surface area (Å²) < 4.78 is 5.96. The monoisotopic (exact) mass is 457 g/mol. The zero-order chi connectivity index (χ0) is 24.1. The lowest BCUT2D eigenvalue weighted by Crippen LogP contribution is -2.32. The summed E-state index contributed by atoms with van der Waals surface area (Å²) in [7, 11) is 0. The number of furan rings is 1. The molecule has 0 bridgehead atoms. The first-order chi connectivity index (χ1) is 16.5. The zero-order valence-corrected chi connectivity index (χ0v) is 19.9. The smallest absolute Gasteiger partial charge is 0.287 e. The highest BCUT2D eigenvalue weighted by Gasteiger charge is 2.29. The quantitative estimate of drug-likeness (QED) is 0.484. The molecule has 4 rings (SSSR count). The summed E-state index contributed by atoms with van der Waals surface area (Å²) in [4.78, 5) is 26.1.